The summed E-state index contributed by atoms with van der Waals surface area (Å²) in [6.07, 6.45) is 11.4. The van der Waals surface area contributed by atoms with Crippen molar-refractivity contribution in [2.75, 3.05) is 26.2 Å². The van der Waals surface area contributed by atoms with Gasteiger partial charge >= 0.3 is 0 Å². The van der Waals surface area contributed by atoms with E-state index in [9.17, 15) is 0 Å². The van der Waals surface area contributed by atoms with Crippen molar-refractivity contribution < 1.29 is 0 Å². The van der Waals surface area contributed by atoms with Crippen LogP contribution in [0.1, 0.15) is 32.1 Å². The van der Waals surface area contributed by atoms with Crippen LogP contribution in [0.15, 0.2) is 24.5 Å². The Morgan fingerprint density at radius 3 is 2.00 bits per heavy atom. The molecule has 0 amide bonds. The summed E-state index contributed by atoms with van der Waals surface area (Å²) in [7, 11) is 0. The molecule has 0 N–H and O–H groups in total. The Labute approximate surface area is 97.8 Å². The zero-order valence-electron chi connectivity index (χ0n) is 10.0. The minimum Gasteiger partial charge on any atom is -0.187 e. The zero-order chi connectivity index (χ0) is 10.8. The average Bonchev–Trinajstić information content (AvgIpc) is 3.02. The molecule has 1 aromatic rings. The van der Waals surface area contributed by atoms with Crippen molar-refractivity contribution in [3.8, 4) is 0 Å². The molecule has 16 heavy (non-hydrogen) atoms. The summed E-state index contributed by atoms with van der Waals surface area (Å²) in [5.41, 5.74) is 0. The Balaban J connectivity index is 1.90. The fraction of sp³-hybridized carbons (Fsp3) is 0.692. The molecule has 0 atom stereocenters. The maximum Gasteiger partial charge on any atom is 0.121 e. The van der Waals surface area contributed by atoms with Crippen LogP contribution in [0.25, 0.3) is 0 Å². The minimum atomic E-state index is 1.08. The lowest BCUT2D eigenvalue weighted by molar-refractivity contribution is -0.0994. The number of hydrogen-bond acceptors (Lipinski definition) is 1. The first-order chi connectivity index (χ1) is 7.92. The smallest absolute Gasteiger partial charge is 0.121 e. The van der Waals surface area contributed by atoms with Gasteiger partial charge in [-0.2, -0.15) is 4.68 Å². The van der Waals surface area contributed by atoms with E-state index in [1.54, 1.807) is 0 Å². The Bertz CT molecular complexity index is 319. The van der Waals surface area contributed by atoms with E-state index in [4.69, 9.17) is 0 Å². The minimum absolute atomic E-state index is 1.08. The number of hydrogen-bond donors (Lipinski definition) is 0. The third-order valence-electron chi connectivity index (χ3n) is 4.16. The van der Waals surface area contributed by atoms with Crippen molar-refractivity contribution >= 4 is 0 Å². The summed E-state index contributed by atoms with van der Waals surface area (Å²) in [4.78, 5) is 0. The molecule has 0 aliphatic carbocycles. The van der Waals surface area contributed by atoms with Crippen LogP contribution in [0.3, 0.4) is 0 Å². The molecule has 3 heterocycles. The van der Waals surface area contributed by atoms with Crippen LogP contribution in [-0.4, -0.2) is 35.9 Å². The Kier molecular flexibility index (Phi) is 2.74. The van der Waals surface area contributed by atoms with E-state index in [-0.39, 0.29) is 0 Å². The highest BCUT2D eigenvalue weighted by molar-refractivity contribution is 4.97. The monoisotopic (exact) mass is 220 g/mol. The fourth-order valence-electron chi connectivity index (χ4n) is 3.32. The number of nitrogens with zero attached hydrogens (tertiary/aromatic N) is 3. The van der Waals surface area contributed by atoms with Gasteiger partial charge in [0.05, 0.1) is 25.5 Å². The molecule has 2 fully saturated rings. The van der Waals surface area contributed by atoms with Gasteiger partial charge in [-0.25, -0.2) is 0 Å². The van der Waals surface area contributed by atoms with E-state index in [2.05, 4.69) is 34.2 Å². The third kappa shape index (κ3) is 1.59. The first-order valence-corrected chi connectivity index (χ1v) is 6.68. The lowest BCUT2D eigenvalue weighted by Crippen LogP contribution is -2.67. The quantitative estimate of drug-likeness (QED) is 0.693. The Morgan fingerprint density at radius 2 is 1.38 bits per heavy atom. The number of rotatable bonds is 2. The molecule has 0 bridgehead atoms. The van der Waals surface area contributed by atoms with Crippen molar-refractivity contribution in [1.29, 1.82) is 0 Å². The van der Waals surface area contributed by atoms with Gasteiger partial charge in [-0.05, 0) is 25.0 Å². The van der Waals surface area contributed by atoms with Gasteiger partial charge in [0.25, 0.3) is 0 Å². The predicted octanol–water partition coefficient (Wildman–Crippen LogP) is 2.12. The summed E-state index contributed by atoms with van der Waals surface area (Å²) >= 11 is 0. The largest absolute Gasteiger partial charge is 0.187 e. The first-order valence-electron chi connectivity index (χ1n) is 6.68. The predicted molar refractivity (Wildman–Crippen MR) is 66.4 cm³/mol. The van der Waals surface area contributed by atoms with Crippen LogP contribution >= 0.6 is 0 Å². The highest BCUT2D eigenvalue weighted by Crippen LogP contribution is 2.24. The summed E-state index contributed by atoms with van der Waals surface area (Å²) < 4.78 is 3.49. The molecular formula is C13H22N3+. The van der Waals surface area contributed by atoms with Gasteiger partial charge in [-0.15, -0.1) is 9.71 Å². The Hall–Kier alpha value is -0.800. The molecule has 1 aromatic heterocycles. The second-order valence-corrected chi connectivity index (χ2v) is 5.11. The van der Waals surface area contributed by atoms with Gasteiger partial charge in [-0.3, -0.25) is 0 Å². The van der Waals surface area contributed by atoms with E-state index < -0.39 is 0 Å². The molecule has 0 saturated carbocycles. The van der Waals surface area contributed by atoms with E-state index in [1.165, 1.54) is 58.3 Å². The topological polar surface area (TPSA) is 8.17 Å². The SMILES string of the molecule is c1ccn([N+]2(N3CCCCC3)CCCC2)c1. The van der Waals surface area contributed by atoms with Crippen LogP contribution in [-0.2, 0) is 0 Å². The average molecular weight is 220 g/mol. The van der Waals surface area contributed by atoms with Gasteiger partial charge in [0, 0.05) is 12.8 Å². The van der Waals surface area contributed by atoms with E-state index >= 15 is 0 Å². The van der Waals surface area contributed by atoms with Crippen molar-refractivity contribution in [2.45, 2.75) is 32.1 Å². The first kappa shape index (κ1) is 10.4. The molecular weight excluding hydrogens is 198 g/mol. The maximum atomic E-state index is 2.69. The van der Waals surface area contributed by atoms with Crippen LogP contribution in [0.5, 0.6) is 0 Å². The molecule has 3 rings (SSSR count). The lowest BCUT2D eigenvalue weighted by Gasteiger charge is -2.44. The number of quaternary nitrogens is 1. The van der Waals surface area contributed by atoms with Crippen molar-refractivity contribution in [1.82, 2.24) is 14.4 Å². The molecule has 3 heteroatoms. The van der Waals surface area contributed by atoms with Crippen molar-refractivity contribution in [3.63, 3.8) is 0 Å². The standard InChI is InChI=1S/C13H22N3/c1-2-8-14(9-3-1)16(12-6-7-13-16)15-10-4-5-11-15/h4-5,10-11H,1-3,6-9,12-13H2/q+1. The summed E-state index contributed by atoms with van der Waals surface area (Å²) in [6, 6.07) is 4.31. The molecule has 0 spiro atoms. The fourth-order valence-corrected chi connectivity index (χ4v) is 3.32. The summed E-state index contributed by atoms with van der Waals surface area (Å²) in [6.45, 7) is 5.12. The van der Waals surface area contributed by atoms with Crippen molar-refractivity contribution in [2.24, 2.45) is 0 Å². The zero-order valence-corrected chi connectivity index (χ0v) is 10.0. The molecule has 2 aliphatic heterocycles. The lowest BCUT2D eigenvalue weighted by atomic mass is 10.2. The van der Waals surface area contributed by atoms with E-state index in [0.29, 0.717) is 0 Å². The van der Waals surface area contributed by atoms with Gasteiger partial charge in [0.1, 0.15) is 13.1 Å². The number of piperidine rings is 1. The molecule has 2 aliphatic rings. The summed E-state index contributed by atoms with van der Waals surface area (Å²) in [5.74, 6) is 0. The van der Waals surface area contributed by atoms with E-state index in [0.717, 1.165) is 4.70 Å². The Morgan fingerprint density at radius 1 is 0.750 bits per heavy atom. The molecule has 88 valence electrons. The molecule has 2 saturated heterocycles. The van der Waals surface area contributed by atoms with Crippen LogP contribution in [0.4, 0.5) is 0 Å². The number of aromatic nitrogens is 1. The van der Waals surface area contributed by atoms with Crippen molar-refractivity contribution in [3.05, 3.63) is 24.5 Å². The van der Waals surface area contributed by atoms with Crippen LogP contribution in [0, 0.1) is 0 Å². The highest BCUT2D eigenvalue weighted by atomic mass is 15.9. The van der Waals surface area contributed by atoms with Gasteiger partial charge in [0.2, 0.25) is 0 Å². The normalized spacial score (nSPS) is 26.0. The molecule has 0 unspecified atom stereocenters. The van der Waals surface area contributed by atoms with Gasteiger partial charge in [-0.1, -0.05) is 6.42 Å². The van der Waals surface area contributed by atoms with Gasteiger partial charge in [0.15, 0.2) is 0 Å². The highest BCUT2D eigenvalue weighted by Gasteiger charge is 2.41. The maximum absolute atomic E-state index is 2.69. The van der Waals surface area contributed by atoms with Crippen LogP contribution in [0.2, 0.25) is 0 Å². The van der Waals surface area contributed by atoms with E-state index in [1.807, 2.05) is 0 Å². The van der Waals surface area contributed by atoms with Gasteiger partial charge < -0.3 is 0 Å². The third-order valence-corrected chi connectivity index (χ3v) is 4.16. The molecule has 0 radical (unpaired) electrons. The molecule has 0 aromatic carbocycles. The van der Waals surface area contributed by atoms with Crippen LogP contribution < -0.4 is 4.70 Å². The summed E-state index contributed by atoms with van der Waals surface area (Å²) in [5, 5.41) is 2.69. The second-order valence-electron chi connectivity index (χ2n) is 5.11. The second kappa shape index (κ2) is 4.22. The molecule has 3 nitrogen and oxygen atoms in total.